The van der Waals surface area contributed by atoms with Crippen LogP contribution < -0.4 is 15.0 Å². The number of ether oxygens (including phenoxy) is 1. The Hall–Kier alpha value is -3.34. The average molecular weight is 375 g/mol. The quantitative estimate of drug-likeness (QED) is 0.640. The van der Waals surface area contributed by atoms with E-state index in [1.165, 1.54) is 0 Å². The van der Waals surface area contributed by atoms with Gasteiger partial charge in [0, 0.05) is 25.0 Å². The van der Waals surface area contributed by atoms with E-state index in [1.807, 2.05) is 60.7 Å². The molecule has 0 saturated carbocycles. The van der Waals surface area contributed by atoms with Gasteiger partial charge in [-0.1, -0.05) is 30.3 Å². The number of rotatable bonds is 8. The van der Waals surface area contributed by atoms with E-state index in [9.17, 15) is 4.79 Å². The largest absolute Gasteiger partial charge is 0.497 e. The Kier molecular flexibility index (Phi) is 6.63. The molecule has 1 N–H and O–H groups in total. The molecule has 1 amide bonds. The van der Waals surface area contributed by atoms with Crippen LogP contribution in [0.3, 0.4) is 0 Å². The Bertz CT molecular complexity index is 912. The van der Waals surface area contributed by atoms with Crippen molar-refractivity contribution in [3.63, 3.8) is 0 Å². The van der Waals surface area contributed by atoms with Crippen molar-refractivity contribution in [2.24, 2.45) is 0 Å². The number of carbonyl (C=O) groups excluding carboxylic acids is 1. The number of nitrogens with one attached hydrogen (secondary N) is 1. The summed E-state index contributed by atoms with van der Waals surface area (Å²) in [4.78, 5) is 19.0. The maximum Gasteiger partial charge on any atom is 0.252 e. The molecule has 5 heteroatoms. The van der Waals surface area contributed by atoms with Gasteiger partial charge >= 0.3 is 0 Å². The second-order valence-corrected chi connectivity index (χ2v) is 6.37. The fourth-order valence-corrected chi connectivity index (χ4v) is 3.07. The molecule has 0 radical (unpaired) electrons. The van der Waals surface area contributed by atoms with E-state index in [-0.39, 0.29) is 5.91 Å². The summed E-state index contributed by atoms with van der Waals surface area (Å²) in [5, 5.41) is 2.97. The van der Waals surface area contributed by atoms with Gasteiger partial charge in [0.05, 0.1) is 24.6 Å². The van der Waals surface area contributed by atoms with Crippen LogP contribution in [0, 0.1) is 0 Å². The van der Waals surface area contributed by atoms with Gasteiger partial charge in [-0.25, -0.2) is 0 Å². The van der Waals surface area contributed by atoms with Crippen molar-refractivity contribution >= 4 is 17.3 Å². The van der Waals surface area contributed by atoms with Gasteiger partial charge in [0.1, 0.15) is 5.75 Å². The molecule has 0 aliphatic rings. The van der Waals surface area contributed by atoms with E-state index < -0.39 is 0 Å². The van der Waals surface area contributed by atoms with Gasteiger partial charge < -0.3 is 15.0 Å². The molecule has 28 heavy (non-hydrogen) atoms. The summed E-state index contributed by atoms with van der Waals surface area (Å²) < 4.78 is 5.23. The van der Waals surface area contributed by atoms with Gasteiger partial charge in [-0.2, -0.15) is 0 Å². The van der Waals surface area contributed by atoms with Crippen molar-refractivity contribution in [2.75, 3.05) is 25.1 Å². The van der Waals surface area contributed by atoms with Crippen LogP contribution in [0.1, 0.15) is 22.8 Å². The van der Waals surface area contributed by atoms with Crippen molar-refractivity contribution in [1.82, 2.24) is 10.3 Å². The zero-order valence-corrected chi connectivity index (χ0v) is 16.3. The minimum Gasteiger partial charge on any atom is -0.497 e. The van der Waals surface area contributed by atoms with Crippen LogP contribution >= 0.6 is 0 Å². The van der Waals surface area contributed by atoms with Crippen LogP contribution in [0.2, 0.25) is 0 Å². The lowest BCUT2D eigenvalue weighted by Gasteiger charge is -2.23. The normalized spacial score (nSPS) is 10.4. The lowest BCUT2D eigenvalue weighted by atomic mass is 10.1. The average Bonchev–Trinajstić information content (AvgIpc) is 2.75. The minimum atomic E-state index is -0.124. The Morgan fingerprint density at radius 3 is 2.61 bits per heavy atom. The van der Waals surface area contributed by atoms with Gasteiger partial charge in [0.2, 0.25) is 0 Å². The molecule has 0 aliphatic heterocycles. The van der Waals surface area contributed by atoms with E-state index in [4.69, 9.17) is 4.74 Å². The monoisotopic (exact) mass is 375 g/mol. The lowest BCUT2D eigenvalue weighted by molar-refractivity contribution is 0.0954. The van der Waals surface area contributed by atoms with Crippen molar-refractivity contribution in [1.29, 1.82) is 0 Å². The highest BCUT2D eigenvalue weighted by Gasteiger charge is 2.11. The number of pyridine rings is 1. The standard InChI is InChI=1S/C23H25N3O2/c1-3-26(20-9-5-4-6-10-20)21-15-19(16-24-17-21)23(27)25-13-12-18-8-7-11-22(14-18)28-2/h4-11,14-17H,3,12-13H2,1-2H3,(H,25,27). The molecule has 0 fully saturated rings. The molecule has 0 bridgehead atoms. The zero-order valence-electron chi connectivity index (χ0n) is 16.3. The third-order valence-electron chi connectivity index (χ3n) is 4.52. The van der Waals surface area contributed by atoms with Crippen molar-refractivity contribution in [3.8, 4) is 5.75 Å². The third-order valence-corrected chi connectivity index (χ3v) is 4.52. The lowest BCUT2D eigenvalue weighted by Crippen LogP contribution is -2.26. The number of amides is 1. The fourth-order valence-electron chi connectivity index (χ4n) is 3.07. The summed E-state index contributed by atoms with van der Waals surface area (Å²) >= 11 is 0. The van der Waals surface area contributed by atoms with E-state index in [1.54, 1.807) is 19.5 Å². The molecular weight excluding hydrogens is 350 g/mol. The van der Waals surface area contributed by atoms with E-state index >= 15 is 0 Å². The van der Waals surface area contributed by atoms with Crippen LogP contribution in [0.15, 0.2) is 73.1 Å². The molecule has 2 aromatic carbocycles. The number of anilines is 2. The van der Waals surface area contributed by atoms with Gasteiger partial charge in [-0.05, 0) is 49.2 Å². The first kappa shape index (κ1) is 19.4. The van der Waals surface area contributed by atoms with Crippen molar-refractivity contribution in [2.45, 2.75) is 13.3 Å². The molecule has 0 spiro atoms. The van der Waals surface area contributed by atoms with Gasteiger partial charge in [0.15, 0.2) is 0 Å². The van der Waals surface area contributed by atoms with Crippen LogP contribution in [0.4, 0.5) is 11.4 Å². The number of para-hydroxylation sites is 1. The summed E-state index contributed by atoms with van der Waals surface area (Å²) in [5.41, 5.74) is 3.64. The smallest absolute Gasteiger partial charge is 0.252 e. The van der Waals surface area contributed by atoms with E-state index in [0.717, 1.165) is 35.7 Å². The second-order valence-electron chi connectivity index (χ2n) is 6.37. The maximum atomic E-state index is 12.6. The Labute approximate surface area is 166 Å². The first-order valence-electron chi connectivity index (χ1n) is 9.40. The number of methoxy groups -OCH3 is 1. The molecule has 0 unspecified atom stereocenters. The van der Waals surface area contributed by atoms with E-state index in [2.05, 4.69) is 22.1 Å². The van der Waals surface area contributed by atoms with Crippen molar-refractivity contribution in [3.05, 3.63) is 84.2 Å². The molecule has 1 aromatic heterocycles. The predicted molar refractivity (Wildman–Crippen MR) is 112 cm³/mol. The molecule has 0 atom stereocenters. The highest BCUT2D eigenvalue weighted by molar-refractivity contribution is 5.95. The predicted octanol–water partition coefficient (Wildman–Crippen LogP) is 4.22. The fraction of sp³-hybridized carbons (Fsp3) is 0.217. The zero-order chi connectivity index (χ0) is 19.8. The maximum absolute atomic E-state index is 12.6. The van der Waals surface area contributed by atoms with Crippen LogP contribution in [-0.4, -0.2) is 31.1 Å². The molecule has 3 aromatic rings. The summed E-state index contributed by atoms with van der Waals surface area (Å²) in [7, 11) is 1.65. The van der Waals surface area contributed by atoms with Crippen LogP contribution in [0.5, 0.6) is 5.75 Å². The molecule has 1 heterocycles. The molecule has 0 aliphatic carbocycles. The molecule has 0 saturated heterocycles. The third kappa shape index (κ3) is 4.88. The number of aromatic nitrogens is 1. The number of hydrogen-bond donors (Lipinski definition) is 1. The Balaban J connectivity index is 1.65. The minimum absolute atomic E-state index is 0.124. The number of carbonyl (C=O) groups is 1. The Morgan fingerprint density at radius 1 is 1.04 bits per heavy atom. The topological polar surface area (TPSA) is 54.5 Å². The summed E-state index contributed by atoms with van der Waals surface area (Å²) in [5.74, 6) is 0.697. The number of nitrogens with zero attached hydrogens (tertiary/aromatic N) is 2. The van der Waals surface area contributed by atoms with Gasteiger partial charge in [0.25, 0.3) is 5.91 Å². The number of hydrogen-bond acceptors (Lipinski definition) is 4. The van der Waals surface area contributed by atoms with E-state index in [0.29, 0.717) is 12.1 Å². The Morgan fingerprint density at radius 2 is 1.86 bits per heavy atom. The molecule has 5 nitrogen and oxygen atoms in total. The molecular formula is C23H25N3O2. The van der Waals surface area contributed by atoms with Crippen LogP contribution in [0.25, 0.3) is 0 Å². The SMILES string of the molecule is CCN(c1ccccc1)c1cncc(C(=O)NCCc2cccc(OC)c2)c1. The second kappa shape index (κ2) is 9.55. The highest BCUT2D eigenvalue weighted by Crippen LogP contribution is 2.24. The summed E-state index contributed by atoms with van der Waals surface area (Å²) in [6.45, 7) is 3.41. The first-order valence-corrected chi connectivity index (χ1v) is 9.40. The van der Waals surface area contributed by atoms with Gasteiger partial charge in [-0.15, -0.1) is 0 Å². The first-order chi connectivity index (χ1) is 13.7. The highest BCUT2D eigenvalue weighted by atomic mass is 16.5. The number of benzene rings is 2. The van der Waals surface area contributed by atoms with Crippen molar-refractivity contribution < 1.29 is 9.53 Å². The molecule has 3 rings (SSSR count). The molecule has 144 valence electrons. The summed E-state index contributed by atoms with van der Waals surface area (Å²) in [6.07, 6.45) is 4.12. The van der Waals surface area contributed by atoms with Crippen LogP contribution in [-0.2, 0) is 6.42 Å². The summed E-state index contributed by atoms with van der Waals surface area (Å²) in [6, 6.07) is 19.8. The van der Waals surface area contributed by atoms with Gasteiger partial charge in [-0.3, -0.25) is 9.78 Å².